The van der Waals surface area contributed by atoms with Gasteiger partial charge >= 0.3 is 0 Å². The van der Waals surface area contributed by atoms with E-state index in [1.807, 2.05) is 43.0 Å². The number of rotatable bonds is 5. The summed E-state index contributed by atoms with van der Waals surface area (Å²) in [5.74, 6) is -0.393. The first-order chi connectivity index (χ1) is 13.6. The van der Waals surface area contributed by atoms with Crippen molar-refractivity contribution in [1.82, 2.24) is 15.1 Å². The quantitative estimate of drug-likeness (QED) is 0.620. The molecule has 0 unspecified atom stereocenters. The molecule has 2 atom stereocenters. The molecule has 0 bridgehead atoms. The fraction of sp³-hybridized carbons (Fsp3) is 0.250. The van der Waals surface area contributed by atoms with Crippen LogP contribution in [0.15, 0.2) is 54.2 Å². The van der Waals surface area contributed by atoms with Gasteiger partial charge in [0.25, 0.3) is 5.91 Å². The van der Waals surface area contributed by atoms with E-state index in [1.165, 1.54) is 11.3 Å². The van der Waals surface area contributed by atoms with Gasteiger partial charge in [0.15, 0.2) is 0 Å². The van der Waals surface area contributed by atoms with Gasteiger partial charge < -0.3 is 16.0 Å². The highest BCUT2D eigenvalue weighted by Gasteiger charge is 2.35. The number of hydrogen-bond acceptors (Lipinski definition) is 5. The Morgan fingerprint density at radius 3 is 2.61 bits per heavy atom. The molecule has 1 aliphatic rings. The van der Waals surface area contributed by atoms with Crippen LogP contribution in [0.2, 0.25) is 0 Å². The molecule has 3 N–H and O–H groups in total. The Bertz CT molecular complexity index is 982. The molecule has 1 aromatic carbocycles. The molecule has 2 amide bonds. The minimum atomic E-state index is -0.203. The standard InChI is InChI=1S/C20H21N5O2S/c1-25-12-13(9-22-25)14-10-21-11-15(14)19(26)23-16-5-2-3-6-17(16)24-20(27)18-7-4-8-28-18/h2-9,12,14-15,21H,10-11H2,1H3,(H,23,26)(H,24,27)/t14-,15+/m1/s1. The van der Waals surface area contributed by atoms with Gasteiger partial charge in [0.1, 0.15) is 0 Å². The van der Waals surface area contributed by atoms with E-state index in [2.05, 4.69) is 21.0 Å². The highest BCUT2D eigenvalue weighted by Crippen LogP contribution is 2.30. The van der Waals surface area contributed by atoms with E-state index in [9.17, 15) is 9.59 Å². The second kappa shape index (κ2) is 7.95. The number of nitrogens with one attached hydrogen (secondary N) is 3. The third-order valence-corrected chi connectivity index (χ3v) is 5.75. The average molecular weight is 395 g/mol. The Labute approximate surface area is 166 Å². The predicted molar refractivity (Wildman–Crippen MR) is 110 cm³/mol. The summed E-state index contributed by atoms with van der Waals surface area (Å²) in [5.41, 5.74) is 2.22. The van der Waals surface area contributed by atoms with E-state index in [-0.39, 0.29) is 23.7 Å². The third-order valence-electron chi connectivity index (χ3n) is 4.88. The van der Waals surface area contributed by atoms with Crippen LogP contribution in [0, 0.1) is 5.92 Å². The van der Waals surface area contributed by atoms with Crippen LogP contribution in [0.25, 0.3) is 0 Å². The summed E-state index contributed by atoms with van der Waals surface area (Å²) < 4.78 is 1.75. The lowest BCUT2D eigenvalue weighted by atomic mass is 9.90. The summed E-state index contributed by atoms with van der Waals surface area (Å²) >= 11 is 1.37. The lowest BCUT2D eigenvalue weighted by Gasteiger charge is -2.18. The van der Waals surface area contributed by atoms with Crippen LogP contribution < -0.4 is 16.0 Å². The zero-order chi connectivity index (χ0) is 19.5. The van der Waals surface area contributed by atoms with Crippen molar-refractivity contribution in [2.75, 3.05) is 23.7 Å². The van der Waals surface area contributed by atoms with Crippen molar-refractivity contribution in [3.05, 3.63) is 64.6 Å². The second-order valence-electron chi connectivity index (χ2n) is 6.78. The molecule has 0 radical (unpaired) electrons. The van der Waals surface area contributed by atoms with Crippen molar-refractivity contribution >= 4 is 34.5 Å². The molecule has 1 aliphatic heterocycles. The predicted octanol–water partition coefficient (Wildman–Crippen LogP) is 2.68. The minimum absolute atomic E-state index is 0.0709. The third kappa shape index (κ3) is 3.83. The highest BCUT2D eigenvalue weighted by molar-refractivity contribution is 7.12. The number of amides is 2. The molecule has 8 heteroatoms. The summed E-state index contributed by atoms with van der Waals surface area (Å²) in [6.45, 7) is 1.34. The number of carbonyl (C=O) groups excluding carboxylic acids is 2. The van der Waals surface area contributed by atoms with Crippen LogP contribution in [-0.4, -0.2) is 34.7 Å². The fourth-order valence-corrected chi connectivity index (χ4v) is 4.07. The van der Waals surface area contributed by atoms with Gasteiger partial charge in [-0.15, -0.1) is 11.3 Å². The van der Waals surface area contributed by atoms with Crippen molar-refractivity contribution in [1.29, 1.82) is 0 Å². The zero-order valence-corrected chi connectivity index (χ0v) is 16.2. The number of aryl methyl sites for hydroxylation is 1. The first kappa shape index (κ1) is 18.4. The maximum absolute atomic E-state index is 13.0. The molecule has 3 heterocycles. The van der Waals surface area contributed by atoms with Gasteiger partial charge in [0.05, 0.1) is 28.4 Å². The Morgan fingerprint density at radius 2 is 1.93 bits per heavy atom. The van der Waals surface area contributed by atoms with Gasteiger partial charge in [0, 0.05) is 32.3 Å². The number of anilines is 2. The molecule has 0 saturated carbocycles. The zero-order valence-electron chi connectivity index (χ0n) is 15.4. The van der Waals surface area contributed by atoms with Gasteiger partial charge in [-0.25, -0.2) is 0 Å². The molecule has 3 aromatic rings. The maximum Gasteiger partial charge on any atom is 0.265 e. The molecule has 1 fully saturated rings. The normalized spacial score (nSPS) is 18.8. The number of para-hydroxylation sites is 2. The summed E-state index contributed by atoms with van der Waals surface area (Å²) in [4.78, 5) is 26.0. The number of carbonyl (C=O) groups is 2. The SMILES string of the molecule is Cn1cc([C@H]2CNC[C@@H]2C(=O)Nc2ccccc2NC(=O)c2cccs2)cn1. The van der Waals surface area contributed by atoms with E-state index in [4.69, 9.17) is 0 Å². The molecule has 144 valence electrons. The van der Waals surface area contributed by atoms with Crippen LogP contribution in [-0.2, 0) is 11.8 Å². The van der Waals surface area contributed by atoms with Crippen molar-refractivity contribution in [2.45, 2.75) is 5.92 Å². The number of benzene rings is 1. The first-order valence-electron chi connectivity index (χ1n) is 9.06. The Balaban J connectivity index is 1.49. The van der Waals surface area contributed by atoms with Crippen molar-refractivity contribution in [2.24, 2.45) is 13.0 Å². The molecule has 4 rings (SSSR count). The monoisotopic (exact) mass is 395 g/mol. The molecule has 7 nitrogen and oxygen atoms in total. The summed E-state index contributed by atoms with van der Waals surface area (Å²) in [5, 5.41) is 15.2. The van der Waals surface area contributed by atoms with Gasteiger partial charge in [-0.05, 0) is 29.1 Å². The summed E-state index contributed by atoms with van der Waals surface area (Å²) in [7, 11) is 1.87. The number of aromatic nitrogens is 2. The van der Waals surface area contributed by atoms with Gasteiger partial charge in [0.2, 0.25) is 5.91 Å². The lowest BCUT2D eigenvalue weighted by Crippen LogP contribution is -2.28. The summed E-state index contributed by atoms with van der Waals surface area (Å²) in [6, 6.07) is 10.8. The Morgan fingerprint density at radius 1 is 1.14 bits per heavy atom. The lowest BCUT2D eigenvalue weighted by molar-refractivity contribution is -0.119. The largest absolute Gasteiger partial charge is 0.324 e. The van der Waals surface area contributed by atoms with E-state index >= 15 is 0 Å². The smallest absolute Gasteiger partial charge is 0.265 e. The number of hydrogen-bond donors (Lipinski definition) is 3. The average Bonchev–Trinajstić information content (AvgIpc) is 3.44. The van der Waals surface area contributed by atoms with E-state index in [1.54, 1.807) is 22.9 Å². The second-order valence-corrected chi connectivity index (χ2v) is 7.73. The highest BCUT2D eigenvalue weighted by atomic mass is 32.1. The van der Waals surface area contributed by atoms with Crippen LogP contribution >= 0.6 is 11.3 Å². The van der Waals surface area contributed by atoms with Crippen LogP contribution in [0.5, 0.6) is 0 Å². The molecule has 2 aromatic heterocycles. The van der Waals surface area contributed by atoms with Crippen LogP contribution in [0.4, 0.5) is 11.4 Å². The van der Waals surface area contributed by atoms with Gasteiger partial charge in [-0.2, -0.15) is 5.10 Å². The number of nitrogens with zero attached hydrogens (tertiary/aromatic N) is 2. The van der Waals surface area contributed by atoms with Crippen LogP contribution in [0.3, 0.4) is 0 Å². The molecular weight excluding hydrogens is 374 g/mol. The molecular formula is C20H21N5O2S. The van der Waals surface area contributed by atoms with Crippen LogP contribution in [0.1, 0.15) is 21.2 Å². The topological polar surface area (TPSA) is 88.0 Å². The molecule has 28 heavy (non-hydrogen) atoms. The molecule has 0 spiro atoms. The summed E-state index contributed by atoms with van der Waals surface area (Å²) in [6.07, 6.45) is 3.76. The number of thiophene rings is 1. The minimum Gasteiger partial charge on any atom is -0.324 e. The molecule has 1 saturated heterocycles. The fourth-order valence-electron chi connectivity index (χ4n) is 3.45. The van der Waals surface area contributed by atoms with E-state index in [0.717, 1.165) is 12.1 Å². The van der Waals surface area contributed by atoms with Gasteiger partial charge in [-0.1, -0.05) is 18.2 Å². The maximum atomic E-state index is 13.0. The Kier molecular flexibility index (Phi) is 5.23. The van der Waals surface area contributed by atoms with E-state index < -0.39 is 0 Å². The van der Waals surface area contributed by atoms with Crippen molar-refractivity contribution in [3.63, 3.8) is 0 Å². The van der Waals surface area contributed by atoms with Crippen molar-refractivity contribution in [3.8, 4) is 0 Å². The van der Waals surface area contributed by atoms with Crippen molar-refractivity contribution < 1.29 is 9.59 Å². The van der Waals surface area contributed by atoms with Gasteiger partial charge in [-0.3, -0.25) is 14.3 Å². The molecule has 0 aliphatic carbocycles. The first-order valence-corrected chi connectivity index (χ1v) is 9.94. The van der Waals surface area contributed by atoms with E-state index in [0.29, 0.717) is 22.8 Å². The Hall–Kier alpha value is -2.97.